The van der Waals surface area contributed by atoms with E-state index < -0.39 is 23.9 Å². The Kier molecular flexibility index (Phi) is 6.64. The van der Waals surface area contributed by atoms with Crippen LogP contribution in [0.4, 0.5) is 4.79 Å². The molecule has 3 N–H and O–H groups in total. The first-order valence-electron chi connectivity index (χ1n) is 6.77. The molecule has 0 aliphatic carbocycles. The molecule has 2 atom stereocenters. The first-order valence-corrected chi connectivity index (χ1v) is 7.57. The molecule has 1 amide bonds. The van der Waals surface area contributed by atoms with Crippen molar-refractivity contribution in [2.75, 3.05) is 6.54 Å². The topological polar surface area (TPSA) is 78.8 Å². The highest BCUT2D eigenvalue weighted by molar-refractivity contribution is 9.10. The lowest BCUT2D eigenvalue weighted by atomic mass is 10.0. The lowest BCUT2D eigenvalue weighted by Gasteiger charge is -2.21. The summed E-state index contributed by atoms with van der Waals surface area (Å²) < 4.78 is 5.91. The number of carbonyl (C=O) groups excluding carboxylic acids is 1. The third-order valence-electron chi connectivity index (χ3n) is 2.66. The SMILES string of the molecule is CC(C)(C)OC(=O)NCCC(O)C(O)c1cccc(Br)c1. The molecule has 0 saturated heterocycles. The van der Waals surface area contributed by atoms with Crippen molar-refractivity contribution >= 4 is 22.0 Å². The van der Waals surface area contributed by atoms with E-state index in [2.05, 4.69) is 21.2 Å². The minimum Gasteiger partial charge on any atom is -0.444 e. The molecule has 0 radical (unpaired) electrons. The van der Waals surface area contributed by atoms with Crippen molar-refractivity contribution < 1.29 is 19.7 Å². The Balaban J connectivity index is 2.40. The van der Waals surface area contributed by atoms with Crippen molar-refractivity contribution in [2.24, 2.45) is 0 Å². The number of aliphatic hydroxyl groups is 2. The molecule has 0 heterocycles. The Bertz CT molecular complexity index is 473. The zero-order chi connectivity index (χ0) is 16.0. The molecule has 0 aliphatic heterocycles. The van der Waals surface area contributed by atoms with Crippen LogP contribution < -0.4 is 5.32 Å². The van der Waals surface area contributed by atoms with E-state index in [9.17, 15) is 15.0 Å². The highest BCUT2D eigenvalue weighted by Gasteiger charge is 2.20. The van der Waals surface area contributed by atoms with Gasteiger partial charge in [-0.1, -0.05) is 28.1 Å². The number of alkyl carbamates (subject to hydrolysis) is 1. The molecule has 0 spiro atoms. The maximum Gasteiger partial charge on any atom is 0.407 e. The van der Waals surface area contributed by atoms with Crippen LogP contribution in [0.15, 0.2) is 28.7 Å². The quantitative estimate of drug-likeness (QED) is 0.755. The molecule has 0 bridgehead atoms. The summed E-state index contributed by atoms with van der Waals surface area (Å²) in [6.07, 6.45) is -2.27. The number of rotatable bonds is 5. The molecular weight excluding hydrogens is 338 g/mol. The van der Waals surface area contributed by atoms with Crippen LogP contribution in [0, 0.1) is 0 Å². The Morgan fingerprint density at radius 1 is 1.38 bits per heavy atom. The van der Waals surface area contributed by atoms with E-state index in [0.29, 0.717) is 5.56 Å². The van der Waals surface area contributed by atoms with E-state index in [0.717, 1.165) is 4.47 Å². The van der Waals surface area contributed by atoms with Crippen molar-refractivity contribution in [3.63, 3.8) is 0 Å². The summed E-state index contributed by atoms with van der Waals surface area (Å²) in [5, 5.41) is 22.5. The molecule has 0 aromatic heterocycles. The maximum atomic E-state index is 11.4. The van der Waals surface area contributed by atoms with E-state index in [-0.39, 0.29) is 13.0 Å². The molecule has 2 unspecified atom stereocenters. The fourth-order valence-electron chi connectivity index (χ4n) is 1.71. The molecule has 1 aromatic rings. The normalized spacial score (nSPS) is 14.4. The van der Waals surface area contributed by atoms with Gasteiger partial charge in [0.05, 0.1) is 6.10 Å². The van der Waals surface area contributed by atoms with Crippen LogP contribution in [0.1, 0.15) is 38.9 Å². The van der Waals surface area contributed by atoms with E-state index in [1.807, 2.05) is 6.07 Å². The van der Waals surface area contributed by atoms with Gasteiger partial charge in [0.25, 0.3) is 0 Å². The maximum absolute atomic E-state index is 11.4. The molecule has 0 aliphatic rings. The second-order valence-electron chi connectivity index (χ2n) is 5.78. The largest absolute Gasteiger partial charge is 0.444 e. The van der Waals surface area contributed by atoms with Crippen molar-refractivity contribution in [1.29, 1.82) is 0 Å². The van der Waals surface area contributed by atoms with Gasteiger partial charge >= 0.3 is 6.09 Å². The van der Waals surface area contributed by atoms with Gasteiger partial charge in [0.2, 0.25) is 0 Å². The Morgan fingerprint density at radius 2 is 2.05 bits per heavy atom. The van der Waals surface area contributed by atoms with E-state index >= 15 is 0 Å². The number of benzene rings is 1. The summed E-state index contributed by atoms with van der Waals surface area (Å²) in [5.74, 6) is 0. The number of aliphatic hydroxyl groups excluding tert-OH is 2. The zero-order valence-corrected chi connectivity index (χ0v) is 14.1. The van der Waals surface area contributed by atoms with Gasteiger partial charge < -0.3 is 20.3 Å². The molecule has 6 heteroatoms. The summed E-state index contributed by atoms with van der Waals surface area (Å²) in [6.45, 7) is 5.55. The van der Waals surface area contributed by atoms with Crippen molar-refractivity contribution in [1.82, 2.24) is 5.32 Å². The van der Waals surface area contributed by atoms with Gasteiger partial charge in [0, 0.05) is 11.0 Å². The molecule has 1 rings (SSSR count). The number of hydrogen-bond acceptors (Lipinski definition) is 4. The van der Waals surface area contributed by atoms with Gasteiger partial charge in [-0.2, -0.15) is 0 Å². The van der Waals surface area contributed by atoms with Crippen LogP contribution in [0.5, 0.6) is 0 Å². The van der Waals surface area contributed by atoms with Crippen molar-refractivity contribution in [3.05, 3.63) is 34.3 Å². The van der Waals surface area contributed by atoms with Gasteiger partial charge in [0.15, 0.2) is 0 Å². The summed E-state index contributed by atoms with van der Waals surface area (Å²) in [7, 11) is 0. The van der Waals surface area contributed by atoms with E-state index in [1.165, 1.54) is 0 Å². The Labute approximate surface area is 133 Å². The summed E-state index contributed by atoms with van der Waals surface area (Å²) in [6, 6.07) is 7.11. The lowest BCUT2D eigenvalue weighted by Crippen LogP contribution is -2.34. The van der Waals surface area contributed by atoms with Gasteiger partial charge in [-0.15, -0.1) is 0 Å². The van der Waals surface area contributed by atoms with E-state index in [1.54, 1.807) is 39.0 Å². The Hall–Kier alpha value is -1.11. The third kappa shape index (κ3) is 6.93. The van der Waals surface area contributed by atoms with Gasteiger partial charge in [-0.05, 0) is 44.9 Å². The average molecular weight is 360 g/mol. The fraction of sp³-hybridized carbons (Fsp3) is 0.533. The smallest absolute Gasteiger partial charge is 0.407 e. The summed E-state index contributed by atoms with van der Waals surface area (Å²) >= 11 is 3.31. The summed E-state index contributed by atoms with van der Waals surface area (Å²) in [4.78, 5) is 11.4. The van der Waals surface area contributed by atoms with E-state index in [4.69, 9.17) is 4.74 Å². The van der Waals surface area contributed by atoms with Crippen LogP contribution in [-0.2, 0) is 4.74 Å². The molecule has 0 fully saturated rings. The molecule has 118 valence electrons. The van der Waals surface area contributed by atoms with Gasteiger partial charge in [-0.3, -0.25) is 0 Å². The molecule has 21 heavy (non-hydrogen) atoms. The monoisotopic (exact) mass is 359 g/mol. The van der Waals surface area contributed by atoms with Crippen molar-refractivity contribution in [3.8, 4) is 0 Å². The average Bonchev–Trinajstić information content (AvgIpc) is 2.35. The predicted molar refractivity (Wildman–Crippen MR) is 84.0 cm³/mol. The highest BCUT2D eigenvalue weighted by Crippen LogP contribution is 2.22. The third-order valence-corrected chi connectivity index (χ3v) is 3.16. The van der Waals surface area contributed by atoms with Crippen LogP contribution in [-0.4, -0.2) is 34.6 Å². The predicted octanol–water partition coefficient (Wildman–Crippen LogP) is 2.76. The fourth-order valence-corrected chi connectivity index (χ4v) is 2.12. The van der Waals surface area contributed by atoms with Crippen LogP contribution in [0.25, 0.3) is 0 Å². The first kappa shape index (κ1) is 17.9. The van der Waals surface area contributed by atoms with Crippen LogP contribution >= 0.6 is 15.9 Å². The second-order valence-corrected chi connectivity index (χ2v) is 6.70. The zero-order valence-electron chi connectivity index (χ0n) is 12.5. The van der Waals surface area contributed by atoms with Crippen molar-refractivity contribution in [2.45, 2.75) is 45.0 Å². The molecule has 5 nitrogen and oxygen atoms in total. The molecular formula is C15H22BrNO4. The number of ether oxygens (including phenoxy) is 1. The minimum atomic E-state index is -0.997. The number of hydrogen-bond donors (Lipinski definition) is 3. The highest BCUT2D eigenvalue weighted by atomic mass is 79.9. The standard InChI is InChI=1S/C15H22BrNO4/c1-15(2,3)21-14(20)17-8-7-12(18)13(19)10-5-4-6-11(16)9-10/h4-6,9,12-13,18-19H,7-8H2,1-3H3,(H,17,20). The number of nitrogens with one attached hydrogen (secondary N) is 1. The summed E-state index contributed by atoms with van der Waals surface area (Å²) in [5.41, 5.74) is 0.0626. The first-order chi connectivity index (χ1) is 9.69. The van der Waals surface area contributed by atoms with Crippen LogP contribution in [0.3, 0.4) is 0 Å². The number of carbonyl (C=O) groups is 1. The molecule has 0 saturated carbocycles. The number of halogens is 1. The van der Waals surface area contributed by atoms with Gasteiger partial charge in [-0.25, -0.2) is 4.79 Å². The molecule has 1 aromatic carbocycles. The van der Waals surface area contributed by atoms with Gasteiger partial charge in [0.1, 0.15) is 11.7 Å². The Morgan fingerprint density at radius 3 is 2.62 bits per heavy atom. The lowest BCUT2D eigenvalue weighted by molar-refractivity contribution is 0.0123. The van der Waals surface area contributed by atoms with Crippen LogP contribution in [0.2, 0.25) is 0 Å². The second kappa shape index (κ2) is 7.77. The minimum absolute atomic E-state index is 0.223. The number of amides is 1.